The second-order valence-corrected chi connectivity index (χ2v) is 9.94. The van der Waals surface area contributed by atoms with Crippen LogP contribution in [0.1, 0.15) is 52.4 Å². The second-order valence-electron chi connectivity index (χ2n) is 9.94. The highest BCUT2D eigenvalue weighted by Gasteiger charge is 2.27. The van der Waals surface area contributed by atoms with Gasteiger partial charge in [-0.25, -0.2) is 4.98 Å². The van der Waals surface area contributed by atoms with E-state index in [0.717, 1.165) is 85.1 Å². The number of hydrogen-bond acceptors (Lipinski definition) is 4. The Morgan fingerprint density at radius 2 is 1.91 bits per heavy atom. The zero-order chi connectivity index (χ0) is 24.6. The standard InChI is InChI=1S/C29H40N4O2/c1-4-21(17-23-20-30-19-22(23)5-2)18-31-28(34)15-8-9-16-33-25-12-7-6-11-24(25)32-29-26(33)13-10-14-27(29)35-3/h6-7,10-14,21-23,30H,4-5,8-9,15-20H2,1-3H3/p+1. The first kappa shape index (κ1) is 25.4. The summed E-state index contributed by atoms with van der Waals surface area (Å²) in [4.78, 5) is 17.4. The molecule has 3 aromatic rings. The van der Waals surface area contributed by atoms with Crippen LogP contribution in [0.5, 0.6) is 5.75 Å². The van der Waals surface area contributed by atoms with Crippen molar-refractivity contribution < 1.29 is 14.1 Å². The van der Waals surface area contributed by atoms with Crippen LogP contribution in [0.25, 0.3) is 22.1 Å². The summed E-state index contributed by atoms with van der Waals surface area (Å²) in [6, 6.07) is 14.3. The molecule has 2 aromatic carbocycles. The van der Waals surface area contributed by atoms with Crippen molar-refractivity contribution >= 4 is 28.0 Å². The fourth-order valence-corrected chi connectivity index (χ4v) is 5.55. The number of carbonyl (C=O) groups excluding carboxylic acids is 1. The van der Waals surface area contributed by atoms with Crippen molar-refractivity contribution in [3.05, 3.63) is 42.5 Å². The maximum atomic E-state index is 12.6. The molecule has 2 N–H and O–H groups in total. The fourth-order valence-electron chi connectivity index (χ4n) is 5.55. The second kappa shape index (κ2) is 12.3. The molecule has 6 heteroatoms. The lowest BCUT2D eigenvalue weighted by Crippen LogP contribution is -2.36. The number of unbranched alkanes of at least 4 members (excludes halogenated alkanes) is 1. The Morgan fingerprint density at radius 3 is 2.71 bits per heavy atom. The number of amides is 1. The van der Waals surface area contributed by atoms with Gasteiger partial charge < -0.3 is 15.4 Å². The van der Waals surface area contributed by atoms with Crippen LogP contribution in [0.2, 0.25) is 0 Å². The maximum absolute atomic E-state index is 12.6. The monoisotopic (exact) mass is 477 g/mol. The number of benzene rings is 2. The summed E-state index contributed by atoms with van der Waals surface area (Å²) >= 11 is 0. The first-order valence-corrected chi connectivity index (χ1v) is 13.4. The highest BCUT2D eigenvalue weighted by Crippen LogP contribution is 2.27. The third-order valence-corrected chi connectivity index (χ3v) is 7.73. The highest BCUT2D eigenvalue weighted by molar-refractivity contribution is 5.85. The molecule has 0 saturated carbocycles. The fraction of sp³-hybridized carbons (Fsp3) is 0.552. The Kier molecular flexibility index (Phi) is 8.91. The minimum Gasteiger partial charge on any atom is -0.494 e. The van der Waals surface area contributed by atoms with Crippen LogP contribution < -0.4 is 19.9 Å². The van der Waals surface area contributed by atoms with Gasteiger partial charge in [0.15, 0.2) is 11.3 Å². The molecule has 0 spiro atoms. The van der Waals surface area contributed by atoms with Crippen molar-refractivity contribution in [1.29, 1.82) is 0 Å². The summed E-state index contributed by atoms with van der Waals surface area (Å²) in [7, 11) is 1.69. The lowest BCUT2D eigenvalue weighted by molar-refractivity contribution is -0.646. The normalized spacial score (nSPS) is 18.7. The summed E-state index contributed by atoms with van der Waals surface area (Å²) in [6.07, 6.45) is 5.95. The lowest BCUT2D eigenvalue weighted by Gasteiger charge is -2.23. The molecule has 1 amide bonds. The Balaban J connectivity index is 1.31. The number of para-hydroxylation sites is 3. The maximum Gasteiger partial charge on any atom is 0.235 e. The molecule has 35 heavy (non-hydrogen) atoms. The Morgan fingerprint density at radius 1 is 1.11 bits per heavy atom. The van der Waals surface area contributed by atoms with E-state index < -0.39 is 0 Å². The van der Waals surface area contributed by atoms with Gasteiger partial charge in [-0.1, -0.05) is 44.9 Å². The van der Waals surface area contributed by atoms with E-state index in [1.54, 1.807) is 7.11 Å². The van der Waals surface area contributed by atoms with E-state index in [1.165, 1.54) is 12.8 Å². The number of nitrogens with one attached hydrogen (secondary N) is 2. The van der Waals surface area contributed by atoms with Crippen molar-refractivity contribution in [3.8, 4) is 5.75 Å². The predicted octanol–water partition coefficient (Wildman–Crippen LogP) is 4.63. The van der Waals surface area contributed by atoms with E-state index >= 15 is 0 Å². The molecule has 1 aliphatic rings. The third kappa shape index (κ3) is 6.10. The average Bonchev–Trinajstić information content (AvgIpc) is 3.35. The molecule has 1 aromatic heterocycles. The number of carbonyl (C=O) groups is 1. The zero-order valence-electron chi connectivity index (χ0n) is 21.6. The molecular formula is C29H41N4O2+. The summed E-state index contributed by atoms with van der Waals surface area (Å²) in [6.45, 7) is 8.46. The van der Waals surface area contributed by atoms with Crippen LogP contribution in [0.3, 0.4) is 0 Å². The van der Waals surface area contributed by atoms with Gasteiger partial charge in [-0.15, -0.1) is 0 Å². The smallest absolute Gasteiger partial charge is 0.235 e. The van der Waals surface area contributed by atoms with Crippen molar-refractivity contribution in [2.24, 2.45) is 17.8 Å². The number of rotatable bonds is 12. The third-order valence-electron chi connectivity index (χ3n) is 7.73. The summed E-state index contributed by atoms with van der Waals surface area (Å²) in [5.41, 5.74) is 4.00. The number of ether oxygens (including phenoxy) is 1. The van der Waals surface area contributed by atoms with Crippen LogP contribution in [0.4, 0.5) is 0 Å². The Hall–Kier alpha value is -2.73. The quantitative estimate of drug-likeness (QED) is 0.227. The predicted molar refractivity (Wildman–Crippen MR) is 141 cm³/mol. The first-order chi connectivity index (χ1) is 17.1. The Bertz CT molecular complexity index is 1130. The van der Waals surface area contributed by atoms with Gasteiger partial charge >= 0.3 is 0 Å². The molecule has 1 aliphatic heterocycles. The van der Waals surface area contributed by atoms with E-state index in [4.69, 9.17) is 9.72 Å². The van der Waals surface area contributed by atoms with Crippen LogP contribution in [0.15, 0.2) is 42.5 Å². The SMILES string of the molecule is CCC(CNC(=O)CCCC[n+]1c2ccccc2nc2c(OC)cccc21)CC1CNCC1CC. The molecule has 188 valence electrons. The van der Waals surface area contributed by atoms with E-state index in [2.05, 4.69) is 47.2 Å². The summed E-state index contributed by atoms with van der Waals surface area (Å²) in [5, 5.41) is 6.76. The number of nitrogens with zero attached hydrogens (tertiary/aromatic N) is 2. The number of hydrogen-bond donors (Lipinski definition) is 2. The molecule has 3 unspecified atom stereocenters. The van der Waals surface area contributed by atoms with Crippen LogP contribution in [0, 0.1) is 17.8 Å². The van der Waals surface area contributed by atoms with Gasteiger partial charge in [-0.05, 0) is 55.8 Å². The summed E-state index contributed by atoms with van der Waals surface area (Å²) in [5.74, 6) is 3.07. The molecular weight excluding hydrogens is 436 g/mol. The van der Waals surface area contributed by atoms with Gasteiger partial charge in [0, 0.05) is 31.5 Å². The molecule has 4 rings (SSSR count). The summed E-state index contributed by atoms with van der Waals surface area (Å²) < 4.78 is 7.88. The molecule has 2 heterocycles. The van der Waals surface area contributed by atoms with Crippen LogP contribution >= 0.6 is 0 Å². The highest BCUT2D eigenvalue weighted by atomic mass is 16.5. The lowest BCUT2D eigenvalue weighted by atomic mass is 9.84. The van der Waals surface area contributed by atoms with Crippen LogP contribution in [-0.2, 0) is 11.3 Å². The van der Waals surface area contributed by atoms with E-state index in [-0.39, 0.29) is 5.91 Å². The van der Waals surface area contributed by atoms with Gasteiger partial charge in [-0.3, -0.25) is 4.79 Å². The van der Waals surface area contributed by atoms with Crippen molar-refractivity contribution in [1.82, 2.24) is 15.6 Å². The number of methoxy groups -OCH3 is 1. The minimum atomic E-state index is 0.177. The van der Waals surface area contributed by atoms with Crippen molar-refractivity contribution in [2.45, 2.75) is 58.9 Å². The van der Waals surface area contributed by atoms with Gasteiger partial charge in [0.1, 0.15) is 12.1 Å². The van der Waals surface area contributed by atoms with Gasteiger partial charge in [0.05, 0.1) is 7.11 Å². The average molecular weight is 478 g/mol. The number of fused-ring (bicyclic) bond motifs is 2. The molecule has 1 fully saturated rings. The van der Waals surface area contributed by atoms with E-state index in [1.807, 2.05) is 24.3 Å². The van der Waals surface area contributed by atoms with Crippen molar-refractivity contribution in [2.75, 3.05) is 26.7 Å². The largest absolute Gasteiger partial charge is 0.494 e. The molecule has 0 bridgehead atoms. The van der Waals surface area contributed by atoms with Gasteiger partial charge in [0.25, 0.3) is 0 Å². The van der Waals surface area contributed by atoms with Crippen LogP contribution in [-0.4, -0.2) is 37.6 Å². The minimum absolute atomic E-state index is 0.177. The molecule has 0 aliphatic carbocycles. The Labute approximate surface area is 209 Å². The molecule has 3 atom stereocenters. The van der Waals surface area contributed by atoms with Crippen molar-refractivity contribution in [3.63, 3.8) is 0 Å². The van der Waals surface area contributed by atoms with Gasteiger partial charge in [0.2, 0.25) is 16.9 Å². The zero-order valence-corrected chi connectivity index (χ0v) is 21.6. The number of aryl methyl sites for hydroxylation is 1. The number of aromatic nitrogens is 2. The molecule has 0 radical (unpaired) electrons. The van der Waals surface area contributed by atoms with E-state index in [0.29, 0.717) is 12.3 Å². The van der Waals surface area contributed by atoms with Gasteiger partial charge in [-0.2, -0.15) is 4.57 Å². The molecule has 1 saturated heterocycles. The molecule has 6 nitrogen and oxygen atoms in total. The van der Waals surface area contributed by atoms with E-state index in [9.17, 15) is 4.79 Å². The topological polar surface area (TPSA) is 67.1 Å². The first-order valence-electron chi connectivity index (χ1n) is 13.4.